The van der Waals surface area contributed by atoms with E-state index in [9.17, 15) is 10.2 Å². The van der Waals surface area contributed by atoms with Crippen molar-refractivity contribution in [1.29, 1.82) is 0 Å². The van der Waals surface area contributed by atoms with Crippen molar-refractivity contribution in [1.82, 2.24) is 0 Å². The summed E-state index contributed by atoms with van der Waals surface area (Å²) in [6.07, 6.45) is 0.485. The van der Waals surface area contributed by atoms with E-state index in [1.54, 1.807) is 0 Å². The fraction of sp³-hybridized carbons (Fsp3) is 0.455. The number of aryl methyl sites for hydroxylation is 2. The van der Waals surface area contributed by atoms with E-state index in [4.69, 9.17) is 5.73 Å². The summed E-state index contributed by atoms with van der Waals surface area (Å²) < 4.78 is 0. The zero-order valence-corrected chi connectivity index (χ0v) is 7.98. The summed E-state index contributed by atoms with van der Waals surface area (Å²) in [4.78, 5) is 0. The van der Waals surface area contributed by atoms with Gasteiger partial charge in [-0.05, 0) is 29.5 Å². The number of hydrogen-bond acceptors (Lipinski definition) is 3. The molecule has 2 unspecified atom stereocenters. The molecule has 0 saturated carbocycles. The van der Waals surface area contributed by atoms with E-state index in [2.05, 4.69) is 0 Å². The van der Waals surface area contributed by atoms with Gasteiger partial charge in [0.1, 0.15) is 6.10 Å². The molecule has 0 bridgehead atoms. The Labute approximate surface area is 83.2 Å². The molecule has 0 spiro atoms. The monoisotopic (exact) mass is 193 g/mol. The van der Waals surface area contributed by atoms with E-state index in [1.807, 2.05) is 18.2 Å². The first kappa shape index (κ1) is 9.65. The molecule has 0 amide bonds. The highest BCUT2D eigenvalue weighted by atomic mass is 16.3. The van der Waals surface area contributed by atoms with Crippen LogP contribution in [0.1, 0.15) is 22.8 Å². The van der Waals surface area contributed by atoms with Crippen LogP contribution in [0.25, 0.3) is 0 Å². The number of aliphatic hydroxyl groups is 2. The molecule has 0 radical (unpaired) electrons. The maximum absolute atomic E-state index is 9.70. The van der Waals surface area contributed by atoms with Crippen LogP contribution in [0.5, 0.6) is 0 Å². The summed E-state index contributed by atoms with van der Waals surface area (Å²) in [6, 6.07) is 5.84. The first-order valence-corrected chi connectivity index (χ1v) is 4.90. The highest BCUT2D eigenvalue weighted by Gasteiger charge is 2.20. The van der Waals surface area contributed by atoms with Crippen molar-refractivity contribution in [2.45, 2.75) is 25.0 Å². The van der Waals surface area contributed by atoms with Crippen LogP contribution in [-0.4, -0.2) is 22.9 Å². The van der Waals surface area contributed by atoms with E-state index < -0.39 is 12.2 Å². The number of fused-ring (bicyclic) bond motifs is 1. The van der Waals surface area contributed by atoms with Crippen LogP contribution in [0.3, 0.4) is 0 Å². The summed E-state index contributed by atoms with van der Waals surface area (Å²) in [7, 11) is 0. The Bertz CT molecular complexity index is 338. The Morgan fingerprint density at radius 2 is 1.93 bits per heavy atom. The molecule has 1 aromatic rings. The zero-order valence-electron chi connectivity index (χ0n) is 7.98. The normalized spacial score (nSPS) is 18.2. The number of nitrogens with two attached hydrogens (primary N) is 1. The van der Waals surface area contributed by atoms with Crippen molar-refractivity contribution >= 4 is 0 Å². The summed E-state index contributed by atoms with van der Waals surface area (Å²) in [5, 5.41) is 19.1. The molecular weight excluding hydrogens is 178 g/mol. The quantitative estimate of drug-likeness (QED) is 0.639. The standard InChI is InChI=1S/C11H15NO2/c12-6-10(13)11(14)9-4-2-7-1-3-8(7)5-9/h2,4-5,10-11,13-14H,1,3,6,12H2. The van der Waals surface area contributed by atoms with Gasteiger partial charge in [0.2, 0.25) is 0 Å². The number of rotatable bonds is 3. The molecule has 4 N–H and O–H groups in total. The lowest BCUT2D eigenvalue weighted by atomic mass is 9.86. The summed E-state index contributed by atoms with van der Waals surface area (Å²) in [5.74, 6) is 0. The van der Waals surface area contributed by atoms with Crippen molar-refractivity contribution in [2.75, 3.05) is 6.54 Å². The summed E-state index contributed by atoms with van der Waals surface area (Å²) in [6.45, 7) is 0.0816. The molecule has 2 atom stereocenters. The Balaban J connectivity index is 2.19. The molecule has 14 heavy (non-hydrogen) atoms. The third-order valence-corrected chi connectivity index (χ3v) is 2.84. The van der Waals surface area contributed by atoms with Crippen LogP contribution >= 0.6 is 0 Å². The van der Waals surface area contributed by atoms with Gasteiger partial charge in [-0.3, -0.25) is 0 Å². The highest BCUT2D eigenvalue weighted by Crippen LogP contribution is 2.27. The lowest BCUT2D eigenvalue weighted by Gasteiger charge is -2.22. The predicted molar refractivity (Wildman–Crippen MR) is 53.9 cm³/mol. The van der Waals surface area contributed by atoms with Crippen LogP contribution < -0.4 is 5.73 Å². The topological polar surface area (TPSA) is 66.5 Å². The van der Waals surface area contributed by atoms with Gasteiger partial charge in [0.25, 0.3) is 0 Å². The third kappa shape index (κ3) is 1.54. The van der Waals surface area contributed by atoms with Crippen molar-refractivity contribution in [3.05, 3.63) is 34.9 Å². The molecule has 0 aliphatic heterocycles. The second kappa shape index (κ2) is 3.69. The van der Waals surface area contributed by atoms with Crippen molar-refractivity contribution in [3.8, 4) is 0 Å². The van der Waals surface area contributed by atoms with Crippen molar-refractivity contribution in [3.63, 3.8) is 0 Å². The third-order valence-electron chi connectivity index (χ3n) is 2.84. The Morgan fingerprint density at radius 1 is 1.21 bits per heavy atom. The first-order chi connectivity index (χ1) is 6.72. The fourth-order valence-electron chi connectivity index (χ4n) is 1.75. The van der Waals surface area contributed by atoms with E-state index >= 15 is 0 Å². The lowest BCUT2D eigenvalue weighted by Crippen LogP contribution is -2.27. The van der Waals surface area contributed by atoms with Crippen molar-refractivity contribution < 1.29 is 10.2 Å². The van der Waals surface area contributed by atoms with Crippen LogP contribution in [0, 0.1) is 0 Å². The maximum atomic E-state index is 9.70. The molecular formula is C11H15NO2. The van der Waals surface area contributed by atoms with Crippen LogP contribution in [0.4, 0.5) is 0 Å². The summed E-state index contributed by atoms with van der Waals surface area (Å²) in [5.41, 5.74) is 8.68. The molecule has 1 aliphatic carbocycles. The highest BCUT2D eigenvalue weighted by molar-refractivity contribution is 5.39. The van der Waals surface area contributed by atoms with E-state index in [1.165, 1.54) is 11.1 Å². The van der Waals surface area contributed by atoms with Gasteiger partial charge >= 0.3 is 0 Å². The van der Waals surface area contributed by atoms with Crippen LogP contribution in [0.2, 0.25) is 0 Å². The average Bonchev–Trinajstić information content (AvgIpc) is 2.18. The predicted octanol–water partition coefficient (Wildman–Crippen LogP) is 0.138. The number of aliphatic hydroxyl groups excluding tert-OH is 2. The molecule has 0 fully saturated rings. The SMILES string of the molecule is NCC(O)C(O)c1ccc2c(c1)CC2. The zero-order chi connectivity index (χ0) is 10.1. The molecule has 0 saturated heterocycles. The van der Waals surface area contributed by atoms with Crippen molar-refractivity contribution in [2.24, 2.45) is 5.73 Å². The second-order valence-electron chi connectivity index (χ2n) is 3.78. The molecule has 1 aliphatic rings. The van der Waals surface area contributed by atoms with Gasteiger partial charge in [-0.2, -0.15) is 0 Å². The Morgan fingerprint density at radius 3 is 2.43 bits per heavy atom. The van der Waals surface area contributed by atoms with Crippen LogP contribution in [0.15, 0.2) is 18.2 Å². The van der Waals surface area contributed by atoms with Gasteiger partial charge in [-0.25, -0.2) is 0 Å². The van der Waals surface area contributed by atoms with Crippen LogP contribution in [-0.2, 0) is 12.8 Å². The minimum atomic E-state index is -0.867. The largest absolute Gasteiger partial charge is 0.389 e. The molecule has 1 aromatic carbocycles. The lowest BCUT2D eigenvalue weighted by molar-refractivity contribution is 0.0242. The van der Waals surface area contributed by atoms with E-state index in [0.29, 0.717) is 0 Å². The molecule has 2 rings (SSSR count). The van der Waals surface area contributed by atoms with Gasteiger partial charge < -0.3 is 15.9 Å². The minimum Gasteiger partial charge on any atom is -0.389 e. The van der Waals surface area contributed by atoms with E-state index in [-0.39, 0.29) is 6.54 Å². The minimum absolute atomic E-state index is 0.0816. The second-order valence-corrected chi connectivity index (χ2v) is 3.78. The number of hydrogen-bond donors (Lipinski definition) is 3. The number of benzene rings is 1. The maximum Gasteiger partial charge on any atom is 0.106 e. The average molecular weight is 193 g/mol. The van der Waals surface area contributed by atoms with Gasteiger partial charge in [-0.15, -0.1) is 0 Å². The molecule has 3 heteroatoms. The molecule has 76 valence electrons. The van der Waals surface area contributed by atoms with Gasteiger partial charge in [-0.1, -0.05) is 18.2 Å². The van der Waals surface area contributed by atoms with Gasteiger partial charge in [0.05, 0.1) is 6.10 Å². The smallest absolute Gasteiger partial charge is 0.106 e. The van der Waals surface area contributed by atoms with Gasteiger partial charge in [0, 0.05) is 6.54 Å². The molecule has 3 nitrogen and oxygen atoms in total. The van der Waals surface area contributed by atoms with Gasteiger partial charge in [0.15, 0.2) is 0 Å². The molecule has 0 aromatic heterocycles. The first-order valence-electron chi connectivity index (χ1n) is 4.90. The fourth-order valence-corrected chi connectivity index (χ4v) is 1.75. The molecule has 0 heterocycles. The van der Waals surface area contributed by atoms with E-state index in [0.717, 1.165) is 18.4 Å². The Hall–Kier alpha value is -0.900. The Kier molecular flexibility index (Phi) is 2.54. The summed E-state index contributed by atoms with van der Waals surface area (Å²) >= 11 is 0.